The van der Waals surface area contributed by atoms with Crippen LogP contribution < -0.4 is 5.73 Å². The molecular formula is C11H13N5O2S. The third kappa shape index (κ3) is 3.68. The van der Waals surface area contributed by atoms with Crippen LogP contribution in [0.25, 0.3) is 0 Å². The average molecular weight is 279 g/mol. The van der Waals surface area contributed by atoms with Crippen LogP contribution in [0.5, 0.6) is 0 Å². The van der Waals surface area contributed by atoms with Gasteiger partial charge in [-0.2, -0.15) is 0 Å². The number of anilines is 1. The Morgan fingerprint density at radius 3 is 2.95 bits per heavy atom. The highest BCUT2D eigenvalue weighted by Crippen LogP contribution is 2.18. The third-order valence-corrected chi connectivity index (χ3v) is 3.34. The Balaban J connectivity index is 2.03. The van der Waals surface area contributed by atoms with Crippen molar-refractivity contribution in [2.75, 3.05) is 11.5 Å². The van der Waals surface area contributed by atoms with Crippen LogP contribution in [-0.4, -0.2) is 36.6 Å². The van der Waals surface area contributed by atoms with Crippen molar-refractivity contribution in [2.24, 2.45) is 0 Å². The highest BCUT2D eigenvalue weighted by Gasteiger charge is 2.11. The van der Waals surface area contributed by atoms with Gasteiger partial charge in [0.25, 0.3) is 0 Å². The molecule has 3 N–H and O–H groups in total. The van der Waals surface area contributed by atoms with E-state index in [0.29, 0.717) is 18.1 Å². The van der Waals surface area contributed by atoms with Crippen LogP contribution in [0.4, 0.5) is 5.95 Å². The first kappa shape index (κ1) is 13.3. The second kappa shape index (κ2) is 6.19. The summed E-state index contributed by atoms with van der Waals surface area (Å²) in [5, 5.41) is 16.8. The molecule has 2 aromatic rings. The normalized spacial score (nSPS) is 10.5. The van der Waals surface area contributed by atoms with E-state index in [-0.39, 0.29) is 11.7 Å². The molecule has 0 aromatic carbocycles. The fourth-order valence-corrected chi connectivity index (χ4v) is 2.21. The fourth-order valence-electron chi connectivity index (χ4n) is 1.52. The molecule has 0 spiro atoms. The SMILES string of the molecule is Nc1nnc(SCC(=O)O)n1CCc1ccccn1. The van der Waals surface area contributed by atoms with Crippen LogP contribution in [0.15, 0.2) is 29.6 Å². The first-order chi connectivity index (χ1) is 9.16. The fraction of sp³-hybridized carbons (Fsp3) is 0.273. The molecule has 2 rings (SSSR count). The van der Waals surface area contributed by atoms with E-state index in [1.54, 1.807) is 10.8 Å². The first-order valence-electron chi connectivity index (χ1n) is 5.60. The molecule has 0 saturated heterocycles. The van der Waals surface area contributed by atoms with Gasteiger partial charge in [0.1, 0.15) is 0 Å². The van der Waals surface area contributed by atoms with Gasteiger partial charge in [-0.1, -0.05) is 17.8 Å². The maximum atomic E-state index is 10.6. The largest absolute Gasteiger partial charge is 0.481 e. The molecule has 0 amide bonds. The molecule has 0 atom stereocenters. The zero-order valence-corrected chi connectivity index (χ0v) is 10.9. The van der Waals surface area contributed by atoms with Gasteiger partial charge in [-0.15, -0.1) is 10.2 Å². The smallest absolute Gasteiger partial charge is 0.313 e. The molecule has 0 fully saturated rings. The van der Waals surface area contributed by atoms with Crippen LogP contribution in [-0.2, 0) is 17.8 Å². The molecule has 0 aliphatic heterocycles. The van der Waals surface area contributed by atoms with Gasteiger partial charge in [0.05, 0.1) is 5.75 Å². The highest BCUT2D eigenvalue weighted by molar-refractivity contribution is 7.99. The number of carboxylic acid groups (broad SMARTS) is 1. The van der Waals surface area contributed by atoms with Crippen LogP contribution >= 0.6 is 11.8 Å². The van der Waals surface area contributed by atoms with E-state index >= 15 is 0 Å². The van der Waals surface area contributed by atoms with Crippen molar-refractivity contribution in [1.82, 2.24) is 19.7 Å². The van der Waals surface area contributed by atoms with Crippen molar-refractivity contribution < 1.29 is 9.90 Å². The van der Waals surface area contributed by atoms with E-state index in [9.17, 15) is 4.79 Å². The number of nitrogen functional groups attached to an aromatic ring is 1. The number of rotatable bonds is 6. The van der Waals surface area contributed by atoms with Gasteiger partial charge < -0.3 is 10.8 Å². The lowest BCUT2D eigenvalue weighted by molar-refractivity contribution is -0.133. The summed E-state index contributed by atoms with van der Waals surface area (Å²) in [6.07, 6.45) is 2.41. The summed E-state index contributed by atoms with van der Waals surface area (Å²) < 4.78 is 1.70. The van der Waals surface area contributed by atoms with Gasteiger partial charge >= 0.3 is 5.97 Å². The van der Waals surface area contributed by atoms with E-state index in [1.165, 1.54) is 0 Å². The van der Waals surface area contributed by atoms with E-state index in [4.69, 9.17) is 10.8 Å². The number of carboxylic acids is 1. The number of nitrogens with two attached hydrogens (primary N) is 1. The van der Waals surface area contributed by atoms with Gasteiger partial charge in [-0.3, -0.25) is 14.3 Å². The molecule has 0 saturated carbocycles. The molecule has 0 radical (unpaired) electrons. The van der Waals surface area contributed by atoms with Crippen molar-refractivity contribution in [3.8, 4) is 0 Å². The summed E-state index contributed by atoms with van der Waals surface area (Å²) in [7, 11) is 0. The number of thioether (sulfide) groups is 1. The van der Waals surface area contributed by atoms with Crippen LogP contribution in [0.2, 0.25) is 0 Å². The topological polar surface area (TPSA) is 107 Å². The molecule has 19 heavy (non-hydrogen) atoms. The molecule has 8 heteroatoms. The number of hydrogen-bond acceptors (Lipinski definition) is 6. The number of aromatic nitrogens is 4. The highest BCUT2D eigenvalue weighted by atomic mass is 32.2. The lowest BCUT2D eigenvalue weighted by Gasteiger charge is -2.06. The Labute approximate surface area is 113 Å². The number of hydrogen-bond donors (Lipinski definition) is 2. The molecule has 0 aliphatic carbocycles. The van der Waals surface area contributed by atoms with E-state index in [1.807, 2.05) is 18.2 Å². The predicted molar refractivity (Wildman–Crippen MR) is 70.7 cm³/mol. The van der Waals surface area contributed by atoms with E-state index < -0.39 is 5.97 Å². The summed E-state index contributed by atoms with van der Waals surface area (Å²) in [5.74, 6) is -0.687. The zero-order chi connectivity index (χ0) is 13.7. The molecule has 7 nitrogen and oxygen atoms in total. The minimum absolute atomic E-state index is 0.0677. The minimum Gasteiger partial charge on any atom is -0.481 e. The molecule has 0 bridgehead atoms. The summed E-state index contributed by atoms with van der Waals surface area (Å²) in [5.41, 5.74) is 6.66. The summed E-state index contributed by atoms with van der Waals surface area (Å²) in [4.78, 5) is 14.8. The average Bonchev–Trinajstić information content (AvgIpc) is 2.76. The second-order valence-corrected chi connectivity index (χ2v) is 4.69. The van der Waals surface area contributed by atoms with Crippen molar-refractivity contribution in [1.29, 1.82) is 0 Å². The van der Waals surface area contributed by atoms with Gasteiger partial charge in [0.15, 0.2) is 5.16 Å². The Morgan fingerprint density at radius 2 is 2.26 bits per heavy atom. The number of pyridine rings is 1. The molecule has 100 valence electrons. The van der Waals surface area contributed by atoms with Crippen LogP contribution in [0, 0.1) is 0 Å². The number of aryl methyl sites for hydroxylation is 1. The summed E-state index contributed by atoms with van der Waals surface area (Å²) in [6, 6.07) is 5.69. The maximum Gasteiger partial charge on any atom is 0.313 e. The predicted octanol–water partition coefficient (Wildman–Crippen LogP) is 0.675. The van der Waals surface area contributed by atoms with E-state index in [0.717, 1.165) is 17.5 Å². The Kier molecular flexibility index (Phi) is 4.35. The van der Waals surface area contributed by atoms with Crippen molar-refractivity contribution in [2.45, 2.75) is 18.1 Å². The van der Waals surface area contributed by atoms with Gasteiger partial charge in [0.2, 0.25) is 5.95 Å². The number of aliphatic carboxylic acids is 1. The van der Waals surface area contributed by atoms with Gasteiger partial charge in [0, 0.05) is 24.9 Å². The minimum atomic E-state index is -0.900. The lowest BCUT2D eigenvalue weighted by Crippen LogP contribution is -2.09. The Hall–Kier alpha value is -2.09. The standard InChI is InChI=1S/C11H13N5O2S/c12-10-14-15-11(19-7-9(17)18)16(10)6-4-8-3-1-2-5-13-8/h1-3,5H,4,6-7H2,(H2,12,14)(H,17,18). The zero-order valence-electron chi connectivity index (χ0n) is 10.1. The third-order valence-electron chi connectivity index (χ3n) is 2.39. The second-order valence-electron chi connectivity index (χ2n) is 3.75. The Bertz CT molecular complexity index is 557. The van der Waals surface area contributed by atoms with E-state index in [2.05, 4.69) is 15.2 Å². The van der Waals surface area contributed by atoms with Crippen molar-refractivity contribution >= 4 is 23.7 Å². The van der Waals surface area contributed by atoms with Gasteiger partial charge in [-0.05, 0) is 12.1 Å². The quantitative estimate of drug-likeness (QED) is 0.748. The maximum absolute atomic E-state index is 10.6. The van der Waals surface area contributed by atoms with Crippen molar-refractivity contribution in [3.05, 3.63) is 30.1 Å². The monoisotopic (exact) mass is 279 g/mol. The Morgan fingerprint density at radius 1 is 1.42 bits per heavy atom. The molecular weight excluding hydrogens is 266 g/mol. The summed E-state index contributed by atoms with van der Waals surface area (Å²) >= 11 is 1.10. The van der Waals surface area contributed by atoms with Crippen LogP contribution in [0.1, 0.15) is 5.69 Å². The number of nitrogens with zero attached hydrogens (tertiary/aromatic N) is 4. The molecule has 2 aromatic heterocycles. The first-order valence-corrected chi connectivity index (χ1v) is 6.58. The summed E-state index contributed by atoms with van der Waals surface area (Å²) in [6.45, 7) is 0.567. The van der Waals surface area contributed by atoms with Crippen LogP contribution in [0.3, 0.4) is 0 Å². The molecule has 2 heterocycles. The van der Waals surface area contributed by atoms with Crippen molar-refractivity contribution in [3.63, 3.8) is 0 Å². The van der Waals surface area contributed by atoms with Gasteiger partial charge in [-0.25, -0.2) is 0 Å². The molecule has 0 aliphatic rings. The number of carbonyl (C=O) groups is 1. The lowest BCUT2D eigenvalue weighted by atomic mass is 10.3. The molecule has 0 unspecified atom stereocenters.